The summed E-state index contributed by atoms with van der Waals surface area (Å²) >= 11 is 0. The first kappa shape index (κ1) is 27.9. The molecule has 12 heteroatoms. The van der Waals surface area contributed by atoms with Crippen LogP contribution in [0, 0.1) is 6.92 Å². The van der Waals surface area contributed by atoms with E-state index in [1.807, 2.05) is 17.4 Å². The van der Waals surface area contributed by atoms with Gasteiger partial charge in [-0.1, -0.05) is 0 Å². The van der Waals surface area contributed by atoms with Gasteiger partial charge in [-0.3, -0.25) is 9.20 Å². The number of nitrogens with two attached hydrogens (primary N) is 1. The van der Waals surface area contributed by atoms with E-state index in [2.05, 4.69) is 25.3 Å². The Balaban J connectivity index is 1.38. The Kier molecular flexibility index (Phi) is 9.73. The predicted molar refractivity (Wildman–Crippen MR) is 143 cm³/mol. The predicted octanol–water partition coefficient (Wildman–Crippen LogP) is 3.77. The molecule has 0 radical (unpaired) electrons. The average Bonchev–Trinajstić information content (AvgIpc) is 3.35. The molecule has 0 aliphatic heterocycles. The average molecular weight is 541 g/mol. The molecule has 0 spiro atoms. The van der Waals surface area contributed by atoms with E-state index in [9.17, 15) is 13.6 Å². The van der Waals surface area contributed by atoms with Crippen molar-refractivity contribution in [2.75, 3.05) is 44.8 Å². The molecule has 2 heterocycles. The van der Waals surface area contributed by atoms with Crippen molar-refractivity contribution in [3.63, 3.8) is 0 Å². The number of imidazole rings is 1. The molecule has 0 unspecified atom stereocenters. The van der Waals surface area contributed by atoms with Crippen LogP contribution >= 0.6 is 0 Å². The van der Waals surface area contributed by atoms with E-state index in [1.54, 1.807) is 42.9 Å². The molecule has 0 atom stereocenters. The van der Waals surface area contributed by atoms with Crippen LogP contribution in [0.15, 0.2) is 61.1 Å². The van der Waals surface area contributed by atoms with Crippen molar-refractivity contribution in [1.82, 2.24) is 19.7 Å². The second kappa shape index (κ2) is 13.6. The van der Waals surface area contributed by atoms with E-state index >= 15 is 0 Å². The molecule has 0 bridgehead atoms. The highest BCUT2D eigenvalue weighted by Crippen LogP contribution is 2.27. The van der Waals surface area contributed by atoms with Gasteiger partial charge in [0.2, 0.25) is 0 Å². The van der Waals surface area contributed by atoms with Crippen molar-refractivity contribution in [2.45, 2.75) is 13.5 Å². The van der Waals surface area contributed by atoms with Crippen LogP contribution in [0.5, 0.6) is 5.75 Å². The SMILES string of the molecule is Cc1cc(Nc2nccn3c(-c4ccc(OC(F)F)cc4)cnc23)ccc1C(=O)NCCOCCOCCN. The number of carbonyl (C=O) groups excluding carboxylic acids is 1. The number of hydrogen-bond donors (Lipinski definition) is 3. The number of fused-ring (bicyclic) bond motifs is 1. The van der Waals surface area contributed by atoms with Crippen LogP contribution in [0.1, 0.15) is 15.9 Å². The zero-order chi connectivity index (χ0) is 27.6. The molecule has 2 aromatic carbocycles. The van der Waals surface area contributed by atoms with Gasteiger partial charge in [-0.05, 0) is 55.0 Å². The Hall–Kier alpha value is -4.13. The molecule has 4 rings (SSSR count). The number of hydrogen-bond acceptors (Lipinski definition) is 8. The number of ether oxygens (including phenoxy) is 3. The monoisotopic (exact) mass is 540 g/mol. The number of nitrogens with zero attached hydrogens (tertiary/aromatic N) is 3. The molecule has 0 saturated heterocycles. The van der Waals surface area contributed by atoms with Crippen LogP contribution in [-0.4, -0.2) is 66.4 Å². The topological polar surface area (TPSA) is 125 Å². The van der Waals surface area contributed by atoms with Crippen LogP contribution in [0.4, 0.5) is 20.3 Å². The van der Waals surface area contributed by atoms with Gasteiger partial charge < -0.3 is 30.6 Å². The minimum absolute atomic E-state index is 0.0802. The number of carbonyl (C=O) groups is 1. The molecular formula is C27H30F2N6O4. The van der Waals surface area contributed by atoms with Crippen molar-refractivity contribution in [1.29, 1.82) is 0 Å². The number of benzene rings is 2. The fourth-order valence-electron chi connectivity index (χ4n) is 3.90. The molecule has 0 fully saturated rings. The number of anilines is 2. The Bertz CT molecular complexity index is 1380. The summed E-state index contributed by atoms with van der Waals surface area (Å²) in [4.78, 5) is 21.5. The lowest BCUT2D eigenvalue weighted by Gasteiger charge is -2.12. The lowest BCUT2D eigenvalue weighted by atomic mass is 10.1. The number of aromatic nitrogens is 3. The molecule has 206 valence electrons. The normalized spacial score (nSPS) is 11.2. The van der Waals surface area contributed by atoms with E-state index in [0.717, 1.165) is 22.5 Å². The summed E-state index contributed by atoms with van der Waals surface area (Å²) in [5.41, 5.74) is 9.55. The fourth-order valence-corrected chi connectivity index (χ4v) is 3.90. The van der Waals surface area contributed by atoms with Crippen molar-refractivity contribution < 1.29 is 27.8 Å². The van der Waals surface area contributed by atoms with Gasteiger partial charge in [-0.2, -0.15) is 8.78 Å². The second-order valence-corrected chi connectivity index (χ2v) is 8.44. The highest BCUT2D eigenvalue weighted by Gasteiger charge is 2.13. The van der Waals surface area contributed by atoms with Gasteiger partial charge in [0.25, 0.3) is 5.91 Å². The maximum atomic E-state index is 12.6. The van der Waals surface area contributed by atoms with Crippen LogP contribution in [0.2, 0.25) is 0 Å². The molecule has 0 saturated carbocycles. The van der Waals surface area contributed by atoms with Gasteiger partial charge in [0.05, 0.1) is 38.3 Å². The highest BCUT2D eigenvalue weighted by molar-refractivity contribution is 5.96. The summed E-state index contributed by atoms with van der Waals surface area (Å²) in [6.07, 6.45) is 5.08. The van der Waals surface area contributed by atoms with Crippen molar-refractivity contribution in [3.8, 4) is 17.0 Å². The molecule has 39 heavy (non-hydrogen) atoms. The molecule has 0 aliphatic carbocycles. The lowest BCUT2D eigenvalue weighted by molar-refractivity contribution is -0.0498. The third-order valence-electron chi connectivity index (χ3n) is 5.70. The Morgan fingerprint density at radius 1 is 1.05 bits per heavy atom. The Labute approximate surface area is 224 Å². The van der Waals surface area contributed by atoms with Gasteiger partial charge in [-0.25, -0.2) is 9.97 Å². The summed E-state index contributed by atoms with van der Waals surface area (Å²) < 4.78 is 41.8. The number of halogens is 2. The van der Waals surface area contributed by atoms with E-state index in [-0.39, 0.29) is 11.7 Å². The van der Waals surface area contributed by atoms with Gasteiger partial charge >= 0.3 is 6.61 Å². The Morgan fingerprint density at radius 3 is 2.54 bits per heavy atom. The third-order valence-corrected chi connectivity index (χ3v) is 5.70. The third kappa shape index (κ3) is 7.47. The fraction of sp³-hybridized carbons (Fsp3) is 0.296. The minimum atomic E-state index is -2.88. The molecule has 2 aromatic heterocycles. The molecule has 0 aliphatic rings. The number of amides is 1. The summed E-state index contributed by atoms with van der Waals surface area (Å²) in [5, 5.41) is 6.11. The summed E-state index contributed by atoms with van der Waals surface area (Å²) in [6.45, 7) is 1.61. The lowest BCUT2D eigenvalue weighted by Crippen LogP contribution is -2.28. The molecule has 1 amide bonds. The summed E-state index contributed by atoms with van der Waals surface area (Å²) in [6, 6.07) is 11.7. The van der Waals surface area contributed by atoms with Crippen LogP contribution < -0.4 is 21.1 Å². The van der Waals surface area contributed by atoms with Gasteiger partial charge in [-0.15, -0.1) is 0 Å². The van der Waals surface area contributed by atoms with Crippen LogP contribution in [0.25, 0.3) is 16.9 Å². The first-order valence-electron chi connectivity index (χ1n) is 12.3. The molecule has 4 N–H and O–H groups in total. The summed E-state index contributed by atoms with van der Waals surface area (Å²) in [5.74, 6) is 0.410. The van der Waals surface area contributed by atoms with E-state index in [0.29, 0.717) is 56.5 Å². The van der Waals surface area contributed by atoms with Crippen molar-refractivity contribution >= 4 is 23.1 Å². The minimum Gasteiger partial charge on any atom is -0.435 e. The zero-order valence-corrected chi connectivity index (χ0v) is 21.4. The maximum Gasteiger partial charge on any atom is 0.387 e. The number of nitrogens with one attached hydrogen (secondary N) is 2. The second-order valence-electron chi connectivity index (χ2n) is 8.44. The molecular weight excluding hydrogens is 510 g/mol. The first-order valence-corrected chi connectivity index (χ1v) is 12.3. The number of aryl methyl sites for hydroxylation is 1. The molecule has 4 aromatic rings. The van der Waals surface area contributed by atoms with E-state index < -0.39 is 6.61 Å². The van der Waals surface area contributed by atoms with Crippen molar-refractivity contribution in [3.05, 3.63) is 72.2 Å². The maximum absolute atomic E-state index is 12.6. The first-order chi connectivity index (χ1) is 19.0. The van der Waals surface area contributed by atoms with E-state index in [4.69, 9.17) is 15.2 Å². The van der Waals surface area contributed by atoms with Crippen LogP contribution in [0.3, 0.4) is 0 Å². The number of rotatable bonds is 14. The van der Waals surface area contributed by atoms with Gasteiger partial charge in [0, 0.05) is 42.3 Å². The van der Waals surface area contributed by atoms with Crippen LogP contribution in [-0.2, 0) is 9.47 Å². The quantitative estimate of drug-likeness (QED) is 0.207. The smallest absolute Gasteiger partial charge is 0.387 e. The molecule has 10 nitrogen and oxygen atoms in total. The zero-order valence-electron chi connectivity index (χ0n) is 21.4. The van der Waals surface area contributed by atoms with Crippen molar-refractivity contribution in [2.24, 2.45) is 5.73 Å². The summed E-state index contributed by atoms with van der Waals surface area (Å²) in [7, 11) is 0. The Morgan fingerprint density at radius 2 is 1.82 bits per heavy atom. The van der Waals surface area contributed by atoms with E-state index in [1.165, 1.54) is 12.1 Å². The standard InChI is InChI=1S/C27H30F2N6O4/c1-18-16-20(4-7-22(18)26(36)32-10-13-38-15-14-37-12-8-30)34-24-25-33-17-23(35(25)11-9-31-24)19-2-5-21(6-3-19)39-27(28)29/h2-7,9,11,16-17,27H,8,10,12-15,30H2,1H3,(H,31,34)(H,32,36). The van der Waals surface area contributed by atoms with Gasteiger partial charge in [0.1, 0.15) is 5.75 Å². The number of alkyl halides is 2. The largest absolute Gasteiger partial charge is 0.435 e. The van der Waals surface area contributed by atoms with Gasteiger partial charge in [0.15, 0.2) is 11.5 Å². The highest BCUT2D eigenvalue weighted by atomic mass is 19.3.